The molecule has 1 aliphatic heterocycles. The van der Waals surface area contributed by atoms with Crippen molar-refractivity contribution in [2.45, 2.75) is 53.9 Å². The largest absolute Gasteiger partial charge is 0.457 e. The van der Waals surface area contributed by atoms with E-state index in [1.54, 1.807) is 0 Å². The molecule has 0 saturated heterocycles. The number of hydrogen-bond donors (Lipinski definition) is 0. The highest BCUT2D eigenvalue weighted by Gasteiger charge is 2.21. The first kappa shape index (κ1) is 36.1. The average molecular weight is 745 g/mol. The zero-order valence-corrected chi connectivity index (χ0v) is 33.8. The minimum Gasteiger partial charge on any atom is -0.457 e. The van der Waals surface area contributed by atoms with Gasteiger partial charge in [0.1, 0.15) is 17.3 Å². The van der Waals surface area contributed by atoms with E-state index >= 15 is 0 Å². The molecule has 0 fully saturated rings. The SMILES string of the molecule is Cc1cccc(C)c1-c1cc(-c2c(C)cccc2C)cc(N2C=CN(c3cccc(Oc4ccc5c6ccccc6n(-c6cc(C(C)(C)C)ccn6)c5c4)c3)C2)c1. The number of anilines is 2. The fraction of sp³-hybridized carbons (Fsp3) is 0.173. The van der Waals surface area contributed by atoms with Crippen LogP contribution in [0.3, 0.4) is 0 Å². The fourth-order valence-corrected chi connectivity index (χ4v) is 8.49. The van der Waals surface area contributed by atoms with Crippen molar-refractivity contribution in [3.8, 4) is 39.6 Å². The Kier molecular flexibility index (Phi) is 8.96. The van der Waals surface area contributed by atoms with Crippen LogP contribution in [0.15, 0.2) is 152 Å². The first-order valence-electron chi connectivity index (χ1n) is 19.8. The number of nitrogens with zero attached hydrogens (tertiary/aromatic N) is 4. The first-order valence-corrected chi connectivity index (χ1v) is 19.8. The van der Waals surface area contributed by atoms with Crippen LogP contribution in [-0.4, -0.2) is 16.2 Å². The van der Waals surface area contributed by atoms with Crippen molar-refractivity contribution in [2.75, 3.05) is 16.5 Å². The van der Waals surface area contributed by atoms with Gasteiger partial charge in [-0.3, -0.25) is 4.57 Å². The smallest absolute Gasteiger partial charge is 0.137 e. The monoisotopic (exact) mass is 744 g/mol. The van der Waals surface area contributed by atoms with E-state index in [-0.39, 0.29) is 5.41 Å². The molecule has 2 aromatic heterocycles. The molecule has 0 radical (unpaired) electrons. The van der Waals surface area contributed by atoms with Gasteiger partial charge in [-0.15, -0.1) is 0 Å². The topological polar surface area (TPSA) is 33.5 Å². The zero-order valence-electron chi connectivity index (χ0n) is 33.8. The molecule has 0 aliphatic carbocycles. The van der Waals surface area contributed by atoms with Gasteiger partial charge in [0.05, 0.1) is 17.7 Å². The number of para-hydroxylation sites is 1. The molecule has 0 atom stereocenters. The summed E-state index contributed by atoms with van der Waals surface area (Å²) in [5.74, 6) is 2.46. The van der Waals surface area contributed by atoms with E-state index in [2.05, 4.69) is 203 Å². The van der Waals surface area contributed by atoms with Crippen LogP contribution in [0.5, 0.6) is 11.5 Å². The summed E-state index contributed by atoms with van der Waals surface area (Å²) in [5, 5.41) is 2.36. The molecule has 0 saturated carbocycles. The van der Waals surface area contributed by atoms with Crippen LogP contribution in [0.25, 0.3) is 49.9 Å². The number of fused-ring (bicyclic) bond motifs is 3. The minimum absolute atomic E-state index is 0.00506. The van der Waals surface area contributed by atoms with Crippen LogP contribution >= 0.6 is 0 Å². The maximum absolute atomic E-state index is 6.64. The summed E-state index contributed by atoms with van der Waals surface area (Å²) in [6.07, 6.45) is 6.26. The van der Waals surface area contributed by atoms with E-state index in [1.807, 2.05) is 12.3 Å². The predicted octanol–water partition coefficient (Wildman–Crippen LogP) is 13.6. The van der Waals surface area contributed by atoms with Gasteiger partial charge < -0.3 is 14.5 Å². The van der Waals surface area contributed by atoms with Gasteiger partial charge >= 0.3 is 0 Å². The Morgan fingerprint density at radius 3 is 1.79 bits per heavy atom. The van der Waals surface area contributed by atoms with Crippen molar-refractivity contribution in [1.29, 1.82) is 0 Å². The maximum Gasteiger partial charge on any atom is 0.137 e. The second-order valence-corrected chi connectivity index (χ2v) is 16.5. The summed E-state index contributed by atoms with van der Waals surface area (Å²) >= 11 is 0. The molecular formula is C52H48N4O. The lowest BCUT2D eigenvalue weighted by Crippen LogP contribution is -2.24. The molecule has 0 unspecified atom stereocenters. The minimum atomic E-state index is 0.00506. The zero-order chi connectivity index (χ0) is 39.4. The Morgan fingerprint density at radius 1 is 0.526 bits per heavy atom. The molecule has 5 nitrogen and oxygen atoms in total. The highest BCUT2D eigenvalue weighted by molar-refractivity contribution is 6.09. The number of pyridine rings is 1. The average Bonchev–Trinajstić information content (AvgIpc) is 3.81. The Bertz CT molecular complexity index is 2750. The summed E-state index contributed by atoms with van der Waals surface area (Å²) in [4.78, 5) is 9.46. The molecule has 5 heteroatoms. The number of hydrogen-bond acceptors (Lipinski definition) is 4. The van der Waals surface area contributed by atoms with Crippen molar-refractivity contribution in [3.05, 3.63) is 180 Å². The van der Waals surface area contributed by atoms with E-state index < -0.39 is 0 Å². The molecular weight excluding hydrogens is 697 g/mol. The van der Waals surface area contributed by atoms with Crippen molar-refractivity contribution in [1.82, 2.24) is 9.55 Å². The molecule has 9 rings (SSSR count). The second kappa shape index (κ2) is 14.2. The Hall–Kier alpha value is -6.59. The first-order chi connectivity index (χ1) is 27.5. The normalized spacial score (nSPS) is 13.0. The van der Waals surface area contributed by atoms with Crippen molar-refractivity contribution < 1.29 is 4.74 Å². The molecule has 0 N–H and O–H groups in total. The number of benzene rings is 6. The molecule has 282 valence electrons. The molecule has 3 heterocycles. The van der Waals surface area contributed by atoms with Gasteiger partial charge in [-0.1, -0.05) is 81.4 Å². The summed E-state index contributed by atoms with van der Waals surface area (Å²) < 4.78 is 8.90. The van der Waals surface area contributed by atoms with Gasteiger partial charge in [0.25, 0.3) is 0 Å². The number of ether oxygens (including phenoxy) is 1. The van der Waals surface area contributed by atoms with Crippen molar-refractivity contribution >= 4 is 33.2 Å². The van der Waals surface area contributed by atoms with Crippen LogP contribution in [0, 0.1) is 27.7 Å². The number of aryl methyl sites for hydroxylation is 4. The molecule has 0 amide bonds. The van der Waals surface area contributed by atoms with Crippen LogP contribution in [-0.2, 0) is 5.41 Å². The van der Waals surface area contributed by atoms with Crippen LogP contribution in [0.4, 0.5) is 11.4 Å². The van der Waals surface area contributed by atoms with Crippen LogP contribution in [0.2, 0.25) is 0 Å². The summed E-state index contributed by atoms with van der Waals surface area (Å²) in [7, 11) is 0. The molecule has 1 aliphatic rings. The Balaban J connectivity index is 1.03. The Morgan fingerprint density at radius 2 is 1.12 bits per heavy atom. The van der Waals surface area contributed by atoms with E-state index in [1.165, 1.54) is 60.8 Å². The van der Waals surface area contributed by atoms with E-state index in [0.29, 0.717) is 6.67 Å². The summed E-state index contributed by atoms with van der Waals surface area (Å²) in [6.45, 7) is 16.2. The van der Waals surface area contributed by atoms with Crippen LogP contribution < -0.4 is 14.5 Å². The quantitative estimate of drug-likeness (QED) is 0.163. The maximum atomic E-state index is 6.64. The summed E-state index contributed by atoms with van der Waals surface area (Å²) in [5.41, 5.74) is 15.8. The van der Waals surface area contributed by atoms with Gasteiger partial charge in [0.15, 0.2) is 0 Å². The van der Waals surface area contributed by atoms with Crippen molar-refractivity contribution in [3.63, 3.8) is 0 Å². The second-order valence-electron chi connectivity index (χ2n) is 16.5. The van der Waals surface area contributed by atoms with E-state index in [9.17, 15) is 0 Å². The third kappa shape index (κ3) is 6.74. The lowest BCUT2D eigenvalue weighted by Gasteiger charge is -2.24. The van der Waals surface area contributed by atoms with Crippen molar-refractivity contribution in [2.24, 2.45) is 0 Å². The molecule has 0 spiro atoms. The Labute approximate surface area is 336 Å². The number of rotatable bonds is 7. The van der Waals surface area contributed by atoms with Gasteiger partial charge in [-0.25, -0.2) is 4.98 Å². The lowest BCUT2D eigenvalue weighted by atomic mass is 9.88. The van der Waals surface area contributed by atoms with Gasteiger partial charge in [0.2, 0.25) is 0 Å². The van der Waals surface area contributed by atoms with Gasteiger partial charge in [-0.05, 0) is 144 Å². The van der Waals surface area contributed by atoms with E-state index in [0.717, 1.165) is 39.7 Å². The highest BCUT2D eigenvalue weighted by atomic mass is 16.5. The molecule has 0 bridgehead atoms. The van der Waals surface area contributed by atoms with E-state index in [4.69, 9.17) is 9.72 Å². The van der Waals surface area contributed by atoms with Gasteiger partial charge in [0, 0.05) is 52.9 Å². The lowest BCUT2D eigenvalue weighted by molar-refractivity contribution is 0.483. The predicted molar refractivity (Wildman–Crippen MR) is 239 cm³/mol. The van der Waals surface area contributed by atoms with Crippen LogP contribution in [0.1, 0.15) is 48.6 Å². The third-order valence-corrected chi connectivity index (χ3v) is 11.4. The summed E-state index contributed by atoms with van der Waals surface area (Å²) in [6, 6.07) is 47.8. The molecule has 6 aromatic carbocycles. The third-order valence-electron chi connectivity index (χ3n) is 11.4. The highest BCUT2D eigenvalue weighted by Crippen LogP contribution is 2.40. The standard InChI is InChI=1S/C52H48N4O/c1-34-13-10-14-35(2)50(34)38-27-39(51-36(3)15-11-16-37(51)4)29-42(28-38)55-26-25-54(33-55)41-17-12-18-43(31-41)57-44-21-22-46-45-19-8-9-20-47(45)56(48(46)32-44)49-30-40(23-24-53-49)52(5,6)7/h8-32H,33H2,1-7H3. The van der Waals surface area contributed by atoms with Gasteiger partial charge in [-0.2, -0.15) is 0 Å². The molecule has 57 heavy (non-hydrogen) atoms. The molecule has 8 aromatic rings. The number of aromatic nitrogens is 2. The fourth-order valence-electron chi connectivity index (χ4n) is 8.49.